The van der Waals surface area contributed by atoms with Crippen LogP contribution in [0.4, 0.5) is 5.69 Å². The molecular weight excluding hydrogens is 400 g/mol. The molecule has 32 heavy (non-hydrogen) atoms. The maximum absolute atomic E-state index is 13.3. The molecule has 5 heteroatoms. The summed E-state index contributed by atoms with van der Waals surface area (Å²) >= 11 is 0. The molecule has 1 heterocycles. The molecule has 3 aromatic rings. The zero-order chi connectivity index (χ0) is 22.2. The van der Waals surface area contributed by atoms with E-state index in [0.29, 0.717) is 23.4 Å². The van der Waals surface area contributed by atoms with E-state index in [-0.39, 0.29) is 17.9 Å². The zero-order valence-electron chi connectivity index (χ0n) is 17.8. The van der Waals surface area contributed by atoms with Gasteiger partial charge in [0.2, 0.25) is 0 Å². The van der Waals surface area contributed by atoms with Gasteiger partial charge in [0.25, 0.3) is 11.8 Å². The Labute approximate surface area is 188 Å². The minimum Gasteiger partial charge on any atom is -0.376 e. The van der Waals surface area contributed by atoms with Gasteiger partial charge in [-0.05, 0) is 42.2 Å². The van der Waals surface area contributed by atoms with Crippen LogP contribution in [0.3, 0.4) is 0 Å². The number of rotatable bonds is 7. The second kappa shape index (κ2) is 10.6. The lowest BCUT2D eigenvalue weighted by Crippen LogP contribution is -2.32. The molecule has 0 unspecified atom stereocenters. The van der Waals surface area contributed by atoms with Crippen LogP contribution >= 0.6 is 0 Å². The molecule has 2 N–H and O–H groups in total. The molecule has 4 rings (SSSR count). The molecule has 0 aromatic heterocycles. The quantitative estimate of drug-likeness (QED) is 0.422. The highest BCUT2D eigenvalue weighted by atomic mass is 16.5. The summed E-state index contributed by atoms with van der Waals surface area (Å²) in [7, 11) is 0. The van der Waals surface area contributed by atoms with E-state index in [9.17, 15) is 9.59 Å². The molecule has 3 aromatic carbocycles. The number of anilines is 1. The summed E-state index contributed by atoms with van der Waals surface area (Å²) in [6.45, 7) is 1.20. The maximum atomic E-state index is 13.3. The Bertz CT molecular complexity index is 1090. The number of hydrogen-bond acceptors (Lipinski definition) is 3. The third-order valence-corrected chi connectivity index (χ3v) is 5.37. The zero-order valence-corrected chi connectivity index (χ0v) is 17.8. The molecule has 162 valence electrons. The van der Waals surface area contributed by atoms with Gasteiger partial charge in [-0.15, -0.1) is 0 Å². The second-order valence-corrected chi connectivity index (χ2v) is 7.68. The van der Waals surface area contributed by atoms with Crippen molar-refractivity contribution in [1.29, 1.82) is 0 Å². The highest BCUT2D eigenvalue weighted by Crippen LogP contribution is 2.22. The molecule has 2 amide bonds. The third-order valence-electron chi connectivity index (χ3n) is 5.37. The van der Waals surface area contributed by atoms with E-state index < -0.39 is 0 Å². The molecule has 0 radical (unpaired) electrons. The van der Waals surface area contributed by atoms with Gasteiger partial charge in [0, 0.05) is 18.7 Å². The van der Waals surface area contributed by atoms with Crippen LogP contribution in [0.1, 0.15) is 34.3 Å². The number of amides is 2. The summed E-state index contributed by atoms with van der Waals surface area (Å²) < 4.78 is 5.58. The number of para-hydroxylation sites is 1. The van der Waals surface area contributed by atoms with Crippen LogP contribution in [0.2, 0.25) is 0 Å². The summed E-state index contributed by atoms with van der Waals surface area (Å²) in [5, 5.41) is 5.86. The number of hydrogen-bond donors (Lipinski definition) is 2. The van der Waals surface area contributed by atoms with Gasteiger partial charge >= 0.3 is 0 Å². The summed E-state index contributed by atoms with van der Waals surface area (Å²) in [6.07, 6.45) is 3.87. The van der Waals surface area contributed by atoms with E-state index in [2.05, 4.69) is 10.6 Å². The van der Waals surface area contributed by atoms with Gasteiger partial charge in [-0.1, -0.05) is 72.8 Å². The lowest BCUT2D eigenvalue weighted by Gasteiger charge is -2.15. The average molecular weight is 427 g/mol. The van der Waals surface area contributed by atoms with Crippen molar-refractivity contribution in [2.75, 3.05) is 18.5 Å². The number of benzene rings is 3. The highest BCUT2D eigenvalue weighted by Gasteiger charge is 2.19. The maximum Gasteiger partial charge on any atom is 0.256 e. The Morgan fingerprint density at radius 3 is 2.31 bits per heavy atom. The van der Waals surface area contributed by atoms with Crippen molar-refractivity contribution in [2.24, 2.45) is 0 Å². The Morgan fingerprint density at radius 2 is 1.59 bits per heavy atom. The molecule has 0 aliphatic carbocycles. The van der Waals surface area contributed by atoms with Crippen molar-refractivity contribution in [3.05, 3.63) is 102 Å². The standard InChI is InChI=1S/C27H26N2O3/c30-26(28-19-22-14-9-17-32-22)23-15-7-8-16-25(23)29-27(31)24(21-12-5-2-6-13-21)18-20-10-3-1-4-11-20/h1-8,10-13,15-16,18,22H,9,14,17,19H2,(H,28,30)(H,29,31)/b24-18+/t22-/m0/s1. The van der Waals surface area contributed by atoms with Crippen LogP contribution in [-0.2, 0) is 9.53 Å². The highest BCUT2D eigenvalue weighted by molar-refractivity contribution is 6.29. The number of carbonyl (C=O) groups is 2. The molecule has 1 fully saturated rings. The van der Waals surface area contributed by atoms with Gasteiger partial charge in [-0.25, -0.2) is 0 Å². The monoisotopic (exact) mass is 426 g/mol. The van der Waals surface area contributed by atoms with Crippen molar-refractivity contribution in [3.8, 4) is 0 Å². The van der Waals surface area contributed by atoms with Crippen molar-refractivity contribution in [2.45, 2.75) is 18.9 Å². The van der Waals surface area contributed by atoms with Crippen LogP contribution in [0, 0.1) is 0 Å². The molecule has 1 aliphatic heterocycles. The van der Waals surface area contributed by atoms with Crippen LogP contribution in [0.5, 0.6) is 0 Å². The molecule has 0 spiro atoms. The summed E-state index contributed by atoms with van der Waals surface area (Å²) in [4.78, 5) is 26.1. The Kier molecular flexibility index (Phi) is 7.10. The van der Waals surface area contributed by atoms with Crippen molar-refractivity contribution < 1.29 is 14.3 Å². The van der Waals surface area contributed by atoms with E-state index in [0.717, 1.165) is 30.6 Å². The molecule has 1 aliphatic rings. The fourth-order valence-corrected chi connectivity index (χ4v) is 3.70. The largest absolute Gasteiger partial charge is 0.376 e. The van der Waals surface area contributed by atoms with E-state index in [1.54, 1.807) is 24.3 Å². The molecular formula is C27H26N2O3. The molecule has 0 saturated carbocycles. The SMILES string of the molecule is O=C(Nc1ccccc1C(=O)NC[C@@H]1CCCO1)/C(=C/c1ccccc1)c1ccccc1. The van der Waals surface area contributed by atoms with E-state index in [1.165, 1.54) is 0 Å². The Balaban J connectivity index is 1.56. The first kappa shape index (κ1) is 21.5. The molecule has 0 bridgehead atoms. The van der Waals surface area contributed by atoms with Crippen molar-refractivity contribution in [1.82, 2.24) is 5.32 Å². The fourth-order valence-electron chi connectivity index (χ4n) is 3.70. The first-order valence-electron chi connectivity index (χ1n) is 10.8. The average Bonchev–Trinajstić information content (AvgIpc) is 3.36. The first-order chi connectivity index (χ1) is 15.7. The third kappa shape index (κ3) is 5.50. The predicted molar refractivity (Wildman–Crippen MR) is 127 cm³/mol. The second-order valence-electron chi connectivity index (χ2n) is 7.68. The normalized spacial score (nSPS) is 15.9. The summed E-state index contributed by atoms with van der Waals surface area (Å²) in [6, 6.07) is 26.2. The first-order valence-corrected chi connectivity index (χ1v) is 10.8. The Morgan fingerprint density at radius 1 is 0.906 bits per heavy atom. The van der Waals surface area contributed by atoms with Gasteiger partial charge in [0.05, 0.1) is 17.4 Å². The fraction of sp³-hybridized carbons (Fsp3) is 0.185. The van der Waals surface area contributed by atoms with Crippen molar-refractivity contribution in [3.63, 3.8) is 0 Å². The molecule has 1 saturated heterocycles. The van der Waals surface area contributed by atoms with Gasteiger partial charge in [-0.3, -0.25) is 9.59 Å². The topological polar surface area (TPSA) is 67.4 Å². The summed E-state index contributed by atoms with van der Waals surface area (Å²) in [5.41, 5.74) is 3.13. The molecule has 1 atom stereocenters. The van der Waals surface area contributed by atoms with Crippen molar-refractivity contribution >= 4 is 29.2 Å². The van der Waals surface area contributed by atoms with Gasteiger partial charge in [-0.2, -0.15) is 0 Å². The smallest absolute Gasteiger partial charge is 0.256 e. The summed E-state index contributed by atoms with van der Waals surface area (Å²) in [5.74, 6) is -0.510. The number of carbonyl (C=O) groups excluding carboxylic acids is 2. The van der Waals surface area contributed by atoms with E-state index in [1.807, 2.05) is 66.7 Å². The number of nitrogens with one attached hydrogen (secondary N) is 2. The minimum atomic E-state index is -0.278. The van der Waals surface area contributed by atoms with Crippen LogP contribution in [0.25, 0.3) is 11.6 Å². The van der Waals surface area contributed by atoms with Crippen LogP contribution in [-0.4, -0.2) is 31.1 Å². The van der Waals surface area contributed by atoms with Gasteiger partial charge in [0.1, 0.15) is 0 Å². The van der Waals surface area contributed by atoms with E-state index in [4.69, 9.17) is 4.74 Å². The molecule has 5 nitrogen and oxygen atoms in total. The lowest BCUT2D eigenvalue weighted by atomic mass is 10.0. The van der Waals surface area contributed by atoms with Gasteiger partial charge in [0.15, 0.2) is 0 Å². The van der Waals surface area contributed by atoms with Crippen LogP contribution in [0.15, 0.2) is 84.9 Å². The van der Waals surface area contributed by atoms with Crippen LogP contribution < -0.4 is 10.6 Å². The van der Waals surface area contributed by atoms with Gasteiger partial charge < -0.3 is 15.4 Å². The predicted octanol–water partition coefficient (Wildman–Crippen LogP) is 4.77. The Hall–Kier alpha value is -3.70. The minimum absolute atomic E-state index is 0.0548. The van der Waals surface area contributed by atoms with E-state index >= 15 is 0 Å². The number of ether oxygens (including phenoxy) is 1. The lowest BCUT2D eigenvalue weighted by molar-refractivity contribution is -0.111.